The molecule has 1 aromatic heterocycles. The second-order valence-electron chi connectivity index (χ2n) is 6.52. The molecule has 0 aliphatic carbocycles. The van der Waals surface area contributed by atoms with Gasteiger partial charge in [0.15, 0.2) is 0 Å². The van der Waals surface area contributed by atoms with Gasteiger partial charge in [0.25, 0.3) is 5.56 Å². The molecule has 0 spiro atoms. The Morgan fingerprint density at radius 2 is 1.75 bits per heavy atom. The summed E-state index contributed by atoms with van der Waals surface area (Å²) in [5, 5.41) is 2.87. The first kappa shape index (κ1) is 16.4. The van der Waals surface area contributed by atoms with Gasteiger partial charge in [-0.05, 0) is 30.9 Å². The van der Waals surface area contributed by atoms with Crippen LogP contribution < -0.4 is 10.9 Å². The van der Waals surface area contributed by atoms with E-state index in [2.05, 4.69) is 5.32 Å². The third-order valence-corrected chi connectivity index (χ3v) is 4.48. The molecule has 1 saturated heterocycles. The van der Waals surface area contributed by atoms with Gasteiger partial charge in [-0.3, -0.25) is 9.48 Å². The molecule has 2 aromatic rings. The van der Waals surface area contributed by atoms with Gasteiger partial charge in [0.05, 0.1) is 11.4 Å². The number of anilines is 1. The van der Waals surface area contributed by atoms with E-state index in [-0.39, 0.29) is 17.5 Å². The number of carbonyl (C=O) groups excluding carboxylic acids is 1. The summed E-state index contributed by atoms with van der Waals surface area (Å²) in [6, 6.07) is 9.29. The van der Waals surface area contributed by atoms with Gasteiger partial charge in [0.2, 0.25) is 0 Å². The Kier molecular flexibility index (Phi) is 4.46. The molecule has 1 fully saturated rings. The van der Waals surface area contributed by atoms with Gasteiger partial charge in [-0.15, -0.1) is 0 Å². The maximum atomic E-state index is 13.0. The van der Waals surface area contributed by atoms with Crippen molar-refractivity contribution >= 4 is 11.7 Å². The van der Waals surface area contributed by atoms with Crippen LogP contribution in [-0.2, 0) is 7.05 Å². The second kappa shape index (κ2) is 6.55. The summed E-state index contributed by atoms with van der Waals surface area (Å²) in [4.78, 5) is 27.2. The molecular formula is C18H24N4O2. The molecule has 1 aromatic carbocycles. The van der Waals surface area contributed by atoms with Gasteiger partial charge >= 0.3 is 6.03 Å². The van der Waals surface area contributed by atoms with Crippen LogP contribution in [-0.4, -0.2) is 33.4 Å². The van der Waals surface area contributed by atoms with Crippen LogP contribution in [0, 0.1) is 0 Å². The van der Waals surface area contributed by atoms with Crippen LogP contribution in [0.4, 0.5) is 10.5 Å². The highest BCUT2D eigenvalue weighted by Gasteiger charge is 2.25. The first-order valence-corrected chi connectivity index (χ1v) is 8.44. The lowest BCUT2D eigenvalue weighted by Crippen LogP contribution is -2.34. The van der Waals surface area contributed by atoms with Gasteiger partial charge in [-0.2, -0.15) is 0 Å². The minimum absolute atomic E-state index is 0.113. The predicted molar refractivity (Wildman–Crippen MR) is 94.9 cm³/mol. The molecule has 2 heterocycles. The number of para-hydroxylation sites is 1. The highest BCUT2D eigenvalue weighted by atomic mass is 16.2. The van der Waals surface area contributed by atoms with E-state index in [1.807, 2.05) is 55.9 Å². The van der Waals surface area contributed by atoms with E-state index in [1.165, 1.54) is 0 Å². The normalized spacial score (nSPS) is 14.4. The number of rotatable bonds is 3. The van der Waals surface area contributed by atoms with Crippen LogP contribution in [0.5, 0.6) is 0 Å². The molecule has 1 aliphatic heterocycles. The number of benzene rings is 1. The van der Waals surface area contributed by atoms with Crippen molar-refractivity contribution in [3.8, 4) is 5.69 Å². The average molecular weight is 328 g/mol. The summed E-state index contributed by atoms with van der Waals surface area (Å²) >= 11 is 0. The highest BCUT2D eigenvalue weighted by Crippen LogP contribution is 2.23. The SMILES string of the molecule is CC(C)c1c(NC(=O)N2CCCC2)c(=O)n(-c2ccccc2)n1C. The standard InChI is InChI=1S/C18H24N4O2/c1-13(2)16-15(19-18(24)21-11-7-8-12-21)17(23)22(20(16)3)14-9-5-4-6-10-14/h4-6,9-10,13H,7-8,11-12H2,1-3H3,(H,19,24). The largest absolute Gasteiger partial charge is 0.325 e. The van der Waals surface area contributed by atoms with Crippen LogP contribution in [0.2, 0.25) is 0 Å². The molecule has 0 radical (unpaired) electrons. The number of nitrogens with zero attached hydrogens (tertiary/aromatic N) is 3. The summed E-state index contributed by atoms with van der Waals surface area (Å²) in [7, 11) is 1.86. The van der Waals surface area contributed by atoms with Crippen LogP contribution in [0.1, 0.15) is 38.3 Å². The number of nitrogens with one attached hydrogen (secondary N) is 1. The predicted octanol–water partition coefficient (Wildman–Crippen LogP) is 2.93. The van der Waals surface area contributed by atoms with E-state index < -0.39 is 0 Å². The van der Waals surface area contributed by atoms with Crippen LogP contribution >= 0.6 is 0 Å². The maximum Gasteiger partial charge on any atom is 0.322 e. The summed E-state index contributed by atoms with van der Waals surface area (Å²) in [5.74, 6) is 0.113. The fourth-order valence-electron chi connectivity index (χ4n) is 3.37. The number of hydrogen-bond donors (Lipinski definition) is 1. The maximum absolute atomic E-state index is 13.0. The number of carbonyl (C=O) groups is 1. The van der Waals surface area contributed by atoms with E-state index >= 15 is 0 Å². The zero-order valence-electron chi connectivity index (χ0n) is 14.5. The summed E-state index contributed by atoms with van der Waals surface area (Å²) in [6.07, 6.45) is 2.04. The third kappa shape index (κ3) is 2.84. The molecule has 24 heavy (non-hydrogen) atoms. The number of urea groups is 1. The van der Waals surface area contributed by atoms with Crippen molar-refractivity contribution < 1.29 is 4.79 Å². The van der Waals surface area contributed by atoms with Crippen molar-refractivity contribution in [3.05, 3.63) is 46.4 Å². The smallest absolute Gasteiger partial charge is 0.322 e. The first-order valence-electron chi connectivity index (χ1n) is 8.44. The zero-order chi connectivity index (χ0) is 17.3. The molecule has 3 rings (SSSR count). The Bertz CT molecular complexity index is 783. The van der Waals surface area contributed by atoms with Gasteiger partial charge in [-0.25, -0.2) is 9.48 Å². The monoisotopic (exact) mass is 328 g/mol. The molecule has 0 atom stereocenters. The van der Waals surface area contributed by atoms with Gasteiger partial charge in [0, 0.05) is 20.1 Å². The summed E-state index contributed by atoms with van der Waals surface area (Å²) in [6.45, 7) is 5.55. The fourth-order valence-corrected chi connectivity index (χ4v) is 3.37. The molecule has 0 bridgehead atoms. The van der Waals surface area contributed by atoms with Crippen LogP contribution in [0.3, 0.4) is 0 Å². The molecule has 2 amide bonds. The molecular weight excluding hydrogens is 304 g/mol. The lowest BCUT2D eigenvalue weighted by Gasteiger charge is -2.17. The third-order valence-electron chi connectivity index (χ3n) is 4.48. The van der Waals surface area contributed by atoms with Crippen molar-refractivity contribution in [1.29, 1.82) is 0 Å². The molecule has 6 heteroatoms. The average Bonchev–Trinajstić information content (AvgIpc) is 3.16. The van der Waals surface area contributed by atoms with Crippen molar-refractivity contribution in [2.45, 2.75) is 32.6 Å². The Morgan fingerprint density at radius 3 is 2.33 bits per heavy atom. The Balaban J connectivity index is 2.05. The molecule has 0 unspecified atom stereocenters. The van der Waals surface area contributed by atoms with E-state index in [4.69, 9.17) is 0 Å². The topological polar surface area (TPSA) is 59.3 Å². The Morgan fingerprint density at radius 1 is 1.12 bits per heavy atom. The number of aromatic nitrogens is 2. The van der Waals surface area contributed by atoms with E-state index in [0.717, 1.165) is 37.3 Å². The van der Waals surface area contributed by atoms with Crippen molar-refractivity contribution in [2.75, 3.05) is 18.4 Å². The van der Waals surface area contributed by atoms with Gasteiger partial charge in [-0.1, -0.05) is 32.0 Å². The fraction of sp³-hybridized carbons (Fsp3) is 0.444. The van der Waals surface area contributed by atoms with Gasteiger partial charge in [0.1, 0.15) is 5.69 Å². The second-order valence-corrected chi connectivity index (χ2v) is 6.52. The molecule has 128 valence electrons. The van der Waals surface area contributed by atoms with Crippen molar-refractivity contribution in [2.24, 2.45) is 7.05 Å². The zero-order valence-corrected chi connectivity index (χ0v) is 14.5. The highest BCUT2D eigenvalue weighted by molar-refractivity contribution is 5.90. The lowest BCUT2D eigenvalue weighted by molar-refractivity contribution is 0.222. The summed E-state index contributed by atoms with van der Waals surface area (Å²) < 4.78 is 3.44. The Hall–Kier alpha value is -2.50. The molecule has 6 nitrogen and oxygen atoms in total. The van der Waals surface area contributed by atoms with E-state index in [1.54, 1.807) is 9.58 Å². The molecule has 1 N–H and O–H groups in total. The molecule has 0 saturated carbocycles. The lowest BCUT2D eigenvalue weighted by atomic mass is 10.1. The Labute approximate surface area is 141 Å². The minimum atomic E-state index is -0.194. The van der Waals surface area contributed by atoms with Crippen LogP contribution in [0.15, 0.2) is 35.1 Å². The minimum Gasteiger partial charge on any atom is -0.325 e. The number of hydrogen-bond acceptors (Lipinski definition) is 2. The van der Waals surface area contributed by atoms with Crippen molar-refractivity contribution in [1.82, 2.24) is 14.3 Å². The van der Waals surface area contributed by atoms with Gasteiger partial charge < -0.3 is 10.2 Å². The van der Waals surface area contributed by atoms with Crippen LogP contribution in [0.25, 0.3) is 5.69 Å². The number of likely N-dealkylation sites (tertiary alicyclic amines) is 1. The first-order chi connectivity index (χ1) is 11.5. The van der Waals surface area contributed by atoms with E-state index in [9.17, 15) is 9.59 Å². The molecule has 1 aliphatic rings. The number of amides is 2. The van der Waals surface area contributed by atoms with Crippen molar-refractivity contribution in [3.63, 3.8) is 0 Å². The van der Waals surface area contributed by atoms with E-state index in [0.29, 0.717) is 5.69 Å². The summed E-state index contributed by atoms with van der Waals surface area (Å²) in [5.41, 5.74) is 1.80. The quantitative estimate of drug-likeness (QED) is 0.942.